The summed E-state index contributed by atoms with van der Waals surface area (Å²) in [6.45, 7) is 5.46. The lowest BCUT2D eigenvalue weighted by atomic mass is 10.2. The van der Waals surface area contributed by atoms with Gasteiger partial charge in [-0.3, -0.25) is 4.79 Å². The molecule has 17 heavy (non-hydrogen) atoms. The molecule has 100 valence electrons. The highest BCUT2D eigenvalue weighted by Crippen LogP contribution is 2.13. The van der Waals surface area contributed by atoms with Crippen LogP contribution in [-0.2, 0) is 14.3 Å². The average Bonchev–Trinajstić information content (AvgIpc) is 2.86. The van der Waals surface area contributed by atoms with Gasteiger partial charge >= 0.3 is 0 Å². The fourth-order valence-electron chi connectivity index (χ4n) is 1.76. The van der Waals surface area contributed by atoms with Crippen LogP contribution in [0.3, 0.4) is 0 Å². The molecule has 1 saturated heterocycles. The molecule has 1 aliphatic heterocycles. The Balaban J connectivity index is 2.30. The van der Waals surface area contributed by atoms with Gasteiger partial charge in [-0.25, -0.2) is 0 Å². The first-order chi connectivity index (χ1) is 8.06. The zero-order chi connectivity index (χ0) is 12.8. The van der Waals surface area contributed by atoms with Gasteiger partial charge in [0.25, 0.3) is 5.91 Å². The summed E-state index contributed by atoms with van der Waals surface area (Å²) in [5, 5.41) is 0. The minimum absolute atomic E-state index is 0.0269. The molecule has 0 aromatic rings. The molecule has 0 aliphatic carbocycles. The second-order valence-electron chi connectivity index (χ2n) is 4.64. The zero-order valence-corrected chi connectivity index (χ0v) is 11.0. The molecule has 5 heteroatoms. The molecule has 1 aliphatic rings. The van der Waals surface area contributed by atoms with Gasteiger partial charge in [-0.2, -0.15) is 0 Å². The summed E-state index contributed by atoms with van der Waals surface area (Å²) in [6, 6.07) is 0.0382. The number of amides is 1. The summed E-state index contributed by atoms with van der Waals surface area (Å²) in [5.74, 6) is -0.0269. The van der Waals surface area contributed by atoms with Crippen molar-refractivity contribution < 1.29 is 14.3 Å². The number of carbonyl (C=O) groups excluding carboxylic acids is 1. The lowest BCUT2D eigenvalue weighted by Gasteiger charge is -2.27. The predicted molar refractivity (Wildman–Crippen MR) is 65.7 cm³/mol. The molecule has 3 unspecified atom stereocenters. The van der Waals surface area contributed by atoms with Crippen molar-refractivity contribution in [2.45, 2.75) is 44.9 Å². The zero-order valence-electron chi connectivity index (χ0n) is 11.0. The molecule has 1 rings (SSSR count). The highest BCUT2D eigenvalue weighted by atomic mass is 16.5. The highest BCUT2D eigenvalue weighted by Gasteiger charge is 2.23. The Hall–Kier alpha value is -0.650. The van der Waals surface area contributed by atoms with Gasteiger partial charge in [0.2, 0.25) is 0 Å². The molecule has 2 N–H and O–H groups in total. The second kappa shape index (κ2) is 6.93. The molecular weight excluding hydrogens is 220 g/mol. The maximum Gasteiger partial charge on any atom is 0.251 e. The average molecular weight is 244 g/mol. The summed E-state index contributed by atoms with van der Waals surface area (Å²) >= 11 is 0. The summed E-state index contributed by atoms with van der Waals surface area (Å²) in [5.41, 5.74) is 5.53. The van der Waals surface area contributed by atoms with E-state index < -0.39 is 6.10 Å². The molecule has 3 atom stereocenters. The SMILES string of the molecule is CC(OCC1CCCO1)C(=O)N(C)C(C)CN. The standard InChI is InChI=1S/C12H24N2O3/c1-9(7-13)14(3)12(15)10(2)17-8-11-5-4-6-16-11/h9-11H,4-8,13H2,1-3H3. The number of likely N-dealkylation sites (N-methyl/N-ethyl adjacent to an activating group) is 1. The van der Waals surface area contributed by atoms with E-state index in [2.05, 4.69) is 0 Å². The molecule has 1 heterocycles. The van der Waals surface area contributed by atoms with Crippen LogP contribution in [-0.4, -0.2) is 55.9 Å². The lowest BCUT2D eigenvalue weighted by Crippen LogP contribution is -2.45. The van der Waals surface area contributed by atoms with E-state index in [0.29, 0.717) is 13.2 Å². The lowest BCUT2D eigenvalue weighted by molar-refractivity contribution is -0.144. The molecule has 0 bridgehead atoms. The maximum absolute atomic E-state index is 12.0. The van der Waals surface area contributed by atoms with Gasteiger partial charge in [-0.1, -0.05) is 0 Å². The number of nitrogens with zero attached hydrogens (tertiary/aromatic N) is 1. The highest BCUT2D eigenvalue weighted by molar-refractivity contribution is 5.80. The smallest absolute Gasteiger partial charge is 0.251 e. The van der Waals surface area contributed by atoms with E-state index in [1.807, 2.05) is 6.92 Å². The van der Waals surface area contributed by atoms with Crippen molar-refractivity contribution in [3.8, 4) is 0 Å². The third kappa shape index (κ3) is 4.26. The Morgan fingerprint density at radius 3 is 2.82 bits per heavy atom. The number of hydrogen-bond acceptors (Lipinski definition) is 4. The van der Waals surface area contributed by atoms with Gasteiger partial charge in [-0.05, 0) is 26.7 Å². The first-order valence-corrected chi connectivity index (χ1v) is 6.26. The molecule has 0 aromatic carbocycles. The van der Waals surface area contributed by atoms with E-state index in [4.69, 9.17) is 15.2 Å². The fourth-order valence-corrected chi connectivity index (χ4v) is 1.76. The van der Waals surface area contributed by atoms with E-state index in [0.717, 1.165) is 19.4 Å². The van der Waals surface area contributed by atoms with Gasteiger partial charge in [0, 0.05) is 26.2 Å². The topological polar surface area (TPSA) is 64.8 Å². The first-order valence-electron chi connectivity index (χ1n) is 6.26. The largest absolute Gasteiger partial charge is 0.376 e. The van der Waals surface area contributed by atoms with Crippen molar-refractivity contribution in [2.24, 2.45) is 5.73 Å². The number of rotatable bonds is 6. The van der Waals surface area contributed by atoms with Crippen LogP contribution in [0.5, 0.6) is 0 Å². The molecule has 0 saturated carbocycles. The minimum atomic E-state index is -0.432. The summed E-state index contributed by atoms with van der Waals surface area (Å²) in [7, 11) is 1.76. The molecule has 0 spiro atoms. The van der Waals surface area contributed by atoms with Crippen molar-refractivity contribution in [2.75, 3.05) is 26.8 Å². The third-order valence-electron chi connectivity index (χ3n) is 3.25. The van der Waals surface area contributed by atoms with Gasteiger partial charge in [-0.15, -0.1) is 0 Å². The first kappa shape index (κ1) is 14.4. The third-order valence-corrected chi connectivity index (χ3v) is 3.25. The number of nitrogens with two attached hydrogens (primary N) is 1. The molecule has 0 aromatic heterocycles. The van der Waals surface area contributed by atoms with Crippen molar-refractivity contribution in [1.82, 2.24) is 4.90 Å². The normalized spacial score (nSPS) is 23.4. The quantitative estimate of drug-likeness (QED) is 0.733. The van der Waals surface area contributed by atoms with Gasteiger partial charge < -0.3 is 20.1 Å². The van der Waals surface area contributed by atoms with Crippen LogP contribution in [0.4, 0.5) is 0 Å². The molecular formula is C12H24N2O3. The van der Waals surface area contributed by atoms with E-state index in [1.165, 1.54) is 0 Å². The van der Waals surface area contributed by atoms with Crippen LogP contribution in [0.1, 0.15) is 26.7 Å². The van der Waals surface area contributed by atoms with Crippen molar-refractivity contribution in [1.29, 1.82) is 0 Å². The van der Waals surface area contributed by atoms with E-state index in [1.54, 1.807) is 18.9 Å². The Kier molecular flexibility index (Phi) is 5.88. The van der Waals surface area contributed by atoms with Crippen molar-refractivity contribution >= 4 is 5.91 Å². The predicted octanol–water partition coefficient (Wildman–Crippen LogP) is 0.376. The van der Waals surface area contributed by atoms with E-state index in [9.17, 15) is 4.79 Å². The van der Waals surface area contributed by atoms with Crippen LogP contribution >= 0.6 is 0 Å². The van der Waals surface area contributed by atoms with E-state index >= 15 is 0 Å². The van der Waals surface area contributed by atoms with Crippen LogP contribution in [0.2, 0.25) is 0 Å². The van der Waals surface area contributed by atoms with Gasteiger partial charge in [0.05, 0.1) is 12.7 Å². The maximum atomic E-state index is 12.0. The van der Waals surface area contributed by atoms with Gasteiger partial charge in [0.15, 0.2) is 0 Å². The van der Waals surface area contributed by atoms with Crippen LogP contribution in [0.25, 0.3) is 0 Å². The Morgan fingerprint density at radius 1 is 1.59 bits per heavy atom. The Bertz CT molecular complexity index is 242. The van der Waals surface area contributed by atoms with Crippen LogP contribution in [0.15, 0.2) is 0 Å². The van der Waals surface area contributed by atoms with Crippen molar-refractivity contribution in [3.05, 3.63) is 0 Å². The monoisotopic (exact) mass is 244 g/mol. The second-order valence-corrected chi connectivity index (χ2v) is 4.64. The van der Waals surface area contributed by atoms with Gasteiger partial charge in [0.1, 0.15) is 6.10 Å². The minimum Gasteiger partial charge on any atom is -0.376 e. The number of hydrogen-bond donors (Lipinski definition) is 1. The summed E-state index contributed by atoms with van der Waals surface area (Å²) in [6.07, 6.45) is 1.83. The van der Waals surface area contributed by atoms with Crippen LogP contribution < -0.4 is 5.73 Å². The van der Waals surface area contributed by atoms with Crippen LogP contribution in [0, 0.1) is 0 Å². The summed E-state index contributed by atoms with van der Waals surface area (Å²) in [4.78, 5) is 13.6. The Labute approximate surface area is 103 Å². The van der Waals surface area contributed by atoms with Crippen molar-refractivity contribution in [3.63, 3.8) is 0 Å². The van der Waals surface area contributed by atoms with E-state index in [-0.39, 0.29) is 18.1 Å². The molecule has 1 fully saturated rings. The fraction of sp³-hybridized carbons (Fsp3) is 0.917. The Morgan fingerprint density at radius 2 is 2.29 bits per heavy atom. The summed E-state index contributed by atoms with van der Waals surface area (Å²) < 4.78 is 11.0. The number of ether oxygens (including phenoxy) is 2. The molecule has 0 radical (unpaired) electrons. The number of carbonyl (C=O) groups is 1. The molecule has 1 amide bonds. The molecule has 5 nitrogen and oxygen atoms in total.